The van der Waals surface area contributed by atoms with Gasteiger partial charge < -0.3 is 0 Å². The maximum absolute atomic E-state index is 4.94. The van der Waals surface area contributed by atoms with Crippen LogP contribution in [0.25, 0.3) is 49.6 Å². The molecular weight excluding hydrogens is 609 g/mol. The summed E-state index contributed by atoms with van der Waals surface area (Å²) in [5.41, 5.74) is 15.9. The van der Waals surface area contributed by atoms with Crippen LogP contribution in [-0.2, 0) is 28.3 Å². The van der Waals surface area contributed by atoms with Crippen molar-refractivity contribution in [1.82, 2.24) is 9.38 Å². The van der Waals surface area contributed by atoms with Crippen LogP contribution in [0.1, 0.15) is 101 Å². The van der Waals surface area contributed by atoms with Crippen LogP contribution in [0.4, 0.5) is 0 Å². The largest absolute Gasteiger partial charge is 0.296 e. The van der Waals surface area contributed by atoms with Crippen molar-refractivity contribution in [3.8, 4) is 11.3 Å². The van der Waals surface area contributed by atoms with Crippen molar-refractivity contribution in [2.75, 3.05) is 0 Å². The van der Waals surface area contributed by atoms with E-state index in [1.807, 2.05) is 0 Å². The quantitative estimate of drug-likeness (QED) is 0.134. The number of hydrogen-bond acceptors (Lipinski definition) is 1. The van der Waals surface area contributed by atoms with Gasteiger partial charge in [-0.1, -0.05) is 77.9 Å². The molecule has 3 aromatic carbocycles. The van der Waals surface area contributed by atoms with Gasteiger partial charge in [-0.3, -0.25) is 4.98 Å². The molecule has 0 saturated heterocycles. The van der Waals surface area contributed by atoms with Crippen molar-refractivity contribution in [3.63, 3.8) is 0 Å². The van der Waals surface area contributed by atoms with E-state index < -0.39 is 0 Å². The number of aromatic nitrogens is 4. The van der Waals surface area contributed by atoms with E-state index in [-0.39, 0.29) is 21.8 Å². The molecule has 7 aromatic rings. The number of pyridine rings is 3. The smallest absolute Gasteiger partial charge is 0.261 e. The average molecular weight is 657 g/mol. The lowest BCUT2D eigenvalue weighted by Crippen LogP contribution is -2.73. The Bertz CT molecular complexity index is 2630. The van der Waals surface area contributed by atoms with Crippen LogP contribution < -0.4 is 9.13 Å². The second kappa shape index (κ2) is 9.60. The molecule has 50 heavy (non-hydrogen) atoms. The van der Waals surface area contributed by atoms with Gasteiger partial charge in [-0.25, -0.2) is 4.57 Å². The number of para-hydroxylation sites is 1. The van der Waals surface area contributed by atoms with Crippen LogP contribution in [0.3, 0.4) is 0 Å². The maximum atomic E-state index is 4.94. The second-order valence-electron chi connectivity index (χ2n) is 17.1. The van der Waals surface area contributed by atoms with E-state index in [0.29, 0.717) is 0 Å². The van der Waals surface area contributed by atoms with Crippen LogP contribution in [0.15, 0.2) is 85.2 Å². The Balaban J connectivity index is 1.52. The van der Waals surface area contributed by atoms with Crippen molar-refractivity contribution >= 4 is 38.4 Å². The Morgan fingerprint density at radius 1 is 0.760 bits per heavy atom. The minimum atomic E-state index is -0.341. The van der Waals surface area contributed by atoms with Crippen molar-refractivity contribution in [2.24, 2.45) is 0 Å². The lowest BCUT2D eigenvalue weighted by molar-refractivity contribution is -0.760. The van der Waals surface area contributed by atoms with E-state index in [1.165, 1.54) is 90.3 Å². The van der Waals surface area contributed by atoms with Gasteiger partial charge in [0.15, 0.2) is 23.8 Å². The van der Waals surface area contributed by atoms with Crippen LogP contribution in [0.2, 0.25) is 0 Å². The summed E-state index contributed by atoms with van der Waals surface area (Å²) in [6.07, 6.45) is 8.86. The predicted octanol–water partition coefficient (Wildman–Crippen LogP) is 9.83. The molecule has 1 aliphatic carbocycles. The molecule has 0 amide bonds. The minimum absolute atomic E-state index is 0.105. The molecule has 6 heterocycles. The van der Waals surface area contributed by atoms with E-state index in [9.17, 15) is 0 Å². The fraction of sp³-hybridized carbons (Fsp3) is 0.370. The highest BCUT2D eigenvalue weighted by Gasteiger charge is 2.65. The first-order chi connectivity index (χ1) is 24.0. The SMILES string of the molecule is CCC1(CC)[n+]2c3cc4c(cc3n3c5c(C)cccc5c5cccc(c5c32)C12C[n+]1ccccc1-c1cnc(C)cc12)C(C)(C)CCC4(C)C. The first-order valence-corrected chi connectivity index (χ1v) is 18.9. The molecule has 4 heteroatoms. The Morgan fingerprint density at radius 3 is 2.24 bits per heavy atom. The summed E-state index contributed by atoms with van der Waals surface area (Å²) >= 11 is 0. The Morgan fingerprint density at radius 2 is 1.48 bits per heavy atom. The molecule has 250 valence electrons. The standard InChI is InChI=1S/C46H48N4/c1-9-45(10-2)46(27-48-22-12-11-19-37(48)32-26-47-29(4)23-34(32)46)33-18-14-16-30-31-17-13-15-28(3)41(31)49-38-24-35-36(44(7,8)21-20-43(35,5)6)25-39(38)50(45)42(49)40(30)33/h11-19,22-26H,9-10,20-21,27H2,1-8H3/q+2. The van der Waals surface area contributed by atoms with Crippen LogP contribution >= 0.6 is 0 Å². The molecule has 1 atom stereocenters. The number of nitrogens with zero attached hydrogens (tertiary/aromatic N) is 4. The van der Waals surface area contributed by atoms with Gasteiger partial charge in [0.2, 0.25) is 5.69 Å². The first-order valence-electron chi connectivity index (χ1n) is 18.9. The third kappa shape index (κ3) is 3.37. The maximum Gasteiger partial charge on any atom is 0.296 e. The number of fused-ring (bicyclic) bond motifs is 12. The van der Waals surface area contributed by atoms with E-state index in [2.05, 4.69) is 154 Å². The molecule has 3 aliphatic rings. The Hall–Kier alpha value is -4.57. The fourth-order valence-electron chi connectivity index (χ4n) is 11.3. The second-order valence-corrected chi connectivity index (χ2v) is 17.1. The highest BCUT2D eigenvalue weighted by Crippen LogP contribution is 2.58. The molecule has 4 nitrogen and oxygen atoms in total. The van der Waals surface area contributed by atoms with Gasteiger partial charge in [0.05, 0.1) is 10.9 Å². The molecule has 1 unspecified atom stereocenters. The zero-order valence-corrected chi connectivity index (χ0v) is 30.9. The topological polar surface area (TPSA) is 25.1 Å². The van der Waals surface area contributed by atoms with Crippen LogP contribution in [0.5, 0.6) is 0 Å². The summed E-state index contributed by atoms with van der Waals surface area (Å²) in [5, 5.41) is 4.09. The number of benzene rings is 3. The zero-order chi connectivity index (χ0) is 34.5. The summed E-state index contributed by atoms with van der Waals surface area (Å²) in [6.45, 7) is 20.1. The van der Waals surface area contributed by atoms with Gasteiger partial charge in [0.1, 0.15) is 16.5 Å². The van der Waals surface area contributed by atoms with E-state index in [1.54, 1.807) is 0 Å². The summed E-state index contributed by atoms with van der Waals surface area (Å²) in [4.78, 5) is 4.94. The number of hydrogen-bond donors (Lipinski definition) is 0. The minimum Gasteiger partial charge on any atom is -0.261 e. The highest BCUT2D eigenvalue weighted by atomic mass is 15.2. The monoisotopic (exact) mass is 656 g/mol. The molecular formula is C46H48N4+2. The fourth-order valence-corrected chi connectivity index (χ4v) is 11.3. The molecule has 0 saturated carbocycles. The lowest BCUT2D eigenvalue weighted by atomic mass is 9.55. The van der Waals surface area contributed by atoms with Gasteiger partial charge >= 0.3 is 0 Å². The summed E-state index contributed by atoms with van der Waals surface area (Å²) in [5.74, 6) is 0. The van der Waals surface area contributed by atoms with Gasteiger partial charge in [0, 0.05) is 34.8 Å². The molecule has 0 radical (unpaired) electrons. The third-order valence-corrected chi connectivity index (χ3v) is 13.9. The lowest BCUT2D eigenvalue weighted by Gasteiger charge is -2.51. The van der Waals surface area contributed by atoms with Crippen LogP contribution in [0, 0.1) is 13.8 Å². The molecule has 0 N–H and O–H groups in total. The van der Waals surface area contributed by atoms with Gasteiger partial charge in [0.25, 0.3) is 5.65 Å². The number of rotatable bonds is 2. The van der Waals surface area contributed by atoms with Crippen LogP contribution in [-0.4, -0.2) is 9.38 Å². The predicted molar refractivity (Wildman–Crippen MR) is 204 cm³/mol. The summed E-state index contributed by atoms with van der Waals surface area (Å²) in [7, 11) is 0. The number of imidazole rings is 1. The molecule has 10 rings (SSSR count). The van der Waals surface area contributed by atoms with Crippen molar-refractivity contribution in [3.05, 3.63) is 119 Å². The van der Waals surface area contributed by atoms with Gasteiger partial charge in [-0.2, -0.15) is 8.97 Å². The van der Waals surface area contributed by atoms with E-state index in [0.717, 1.165) is 25.1 Å². The van der Waals surface area contributed by atoms with Crippen molar-refractivity contribution < 1.29 is 9.13 Å². The Labute approximate surface area is 295 Å². The molecule has 1 spiro atoms. The normalized spacial score (nSPS) is 20.9. The molecule has 4 aromatic heterocycles. The summed E-state index contributed by atoms with van der Waals surface area (Å²) < 4.78 is 8.10. The van der Waals surface area contributed by atoms with Crippen molar-refractivity contribution in [1.29, 1.82) is 0 Å². The molecule has 0 bridgehead atoms. The molecule has 0 fully saturated rings. The first kappa shape index (κ1) is 30.3. The Kier molecular flexibility index (Phi) is 5.81. The van der Waals surface area contributed by atoms with E-state index in [4.69, 9.17) is 4.98 Å². The molecule has 2 aliphatic heterocycles. The van der Waals surface area contributed by atoms with Gasteiger partial charge in [-0.15, -0.1) is 0 Å². The van der Waals surface area contributed by atoms with Gasteiger partial charge in [-0.05, 0) is 102 Å². The van der Waals surface area contributed by atoms with Crippen molar-refractivity contribution in [2.45, 2.75) is 109 Å². The summed E-state index contributed by atoms with van der Waals surface area (Å²) in [6, 6.07) is 28.5. The highest BCUT2D eigenvalue weighted by molar-refractivity contribution is 6.15. The zero-order valence-electron chi connectivity index (χ0n) is 30.9. The third-order valence-electron chi connectivity index (χ3n) is 13.9. The van der Waals surface area contributed by atoms with E-state index >= 15 is 0 Å². The number of aryl methyl sites for hydroxylation is 2. The average Bonchev–Trinajstić information content (AvgIpc) is 3.45.